The third kappa shape index (κ3) is 1.90. The molecule has 1 aliphatic heterocycles. The molecule has 21 heavy (non-hydrogen) atoms. The summed E-state index contributed by atoms with van der Waals surface area (Å²) in [6.07, 6.45) is 0. The Labute approximate surface area is 121 Å². The van der Waals surface area contributed by atoms with Gasteiger partial charge in [-0.05, 0) is 17.7 Å². The van der Waals surface area contributed by atoms with Gasteiger partial charge in [-0.3, -0.25) is 4.79 Å². The second-order valence-corrected chi connectivity index (χ2v) is 4.78. The van der Waals surface area contributed by atoms with Crippen LogP contribution in [0, 0.1) is 0 Å². The minimum Gasteiger partial charge on any atom is -0.465 e. The number of methoxy groups -OCH3 is 1. The van der Waals surface area contributed by atoms with Crippen LogP contribution < -0.4 is 5.32 Å². The van der Waals surface area contributed by atoms with E-state index in [-0.39, 0.29) is 0 Å². The van der Waals surface area contributed by atoms with Gasteiger partial charge in [0.1, 0.15) is 0 Å². The lowest BCUT2D eigenvalue weighted by Crippen LogP contribution is -2.35. The van der Waals surface area contributed by atoms with Crippen LogP contribution in [0.1, 0.15) is 21.5 Å². The summed E-state index contributed by atoms with van der Waals surface area (Å²) in [5.74, 6) is -1.03. The summed E-state index contributed by atoms with van der Waals surface area (Å²) in [4.78, 5) is 23.8. The molecule has 0 bridgehead atoms. The van der Waals surface area contributed by atoms with Crippen molar-refractivity contribution < 1.29 is 19.4 Å². The zero-order valence-corrected chi connectivity index (χ0v) is 11.3. The van der Waals surface area contributed by atoms with Crippen LogP contribution in [0.15, 0.2) is 48.5 Å². The third-order valence-electron chi connectivity index (χ3n) is 3.60. The molecule has 0 aromatic heterocycles. The van der Waals surface area contributed by atoms with Gasteiger partial charge < -0.3 is 15.2 Å². The minimum absolute atomic E-state index is 0.314. The van der Waals surface area contributed by atoms with Gasteiger partial charge >= 0.3 is 5.97 Å². The van der Waals surface area contributed by atoms with E-state index < -0.39 is 17.5 Å². The van der Waals surface area contributed by atoms with Gasteiger partial charge in [-0.25, -0.2) is 4.79 Å². The molecule has 2 aromatic carbocycles. The van der Waals surface area contributed by atoms with Gasteiger partial charge in [-0.1, -0.05) is 36.4 Å². The van der Waals surface area contributed by atoms with Crippen molar-refractivity contribution in [3.05, 3.63) is 65.2 Å². The second-order valence-electron chi connectivity index (χ2n) is 4.78. The summed E-state index contributed by atoms with van der Waals surface area (Å²) < 4.78 is 4.65. The Bertz CT molecular complexity index is 726. The summed E-state index contributed by atoms with van der Waals surface area (Å²) in [5.41, 5.74) is -0.118. The molecule has 0 radical (unpaired) electrons. The maximum atomic E-state index is 12.2. The van der Waals surface area contributed by atoms with Crippen LogP contribution in [-0.4, -0.2) is 24.1 Å². The SMILES string of the molecule is COC(=O)c1ccc2c(c1)NC(=O)[C@@]2(O)c1ccccc1. The maximum absolute atomic E-state index is 12.2. The molecule has 5 heteroatoms. The number of hydrogen-bond donors (Lipinski definition) is 2. The first-order valence-electron chi connectivity index (χ1n) is 6.39. The van der Waals surface area contributed by atoms with Crippen molar-refractivity contribution in [3.8, 4) is 0 Å². The lowest BCUT2D eigenvalue weighted by Gasteiger charge is -2.21. The zero-order valence-electron chi connectivity index (χ0n) is 11.3. The van der Waals surface area contributed by atoms with E-state index in [2.05, 4.69) is 10.1 Å². The predicted octanol–water partition coefficient (Wildman–Crippen LogP) is 1.66. The van der Waals surface area contributed by atoms with Crippen LogP contribution in [-0.2, 0) is 15.1 Å². The molecular weight excluding hydrogens is 270 g/mol. The van der Waals surface area contributed by atoms with Crippen molar-refractivity contribution >= 4 is 17.6 Å². The van der Waals surface area contributed by atoms with E-state index in [0.29, 0.717) is 22.4 Å². The quantitative estimate of drug-likeness (QED) is 0.822. The Hall–Kier alpha value is -2.66. The predicted molar refractivity (Wildman–Crippen MR) is 75.9 cm³/mol. The number of aliphatic hydroxyl groups is 1. The smallest absolute Gasteiger partial charge is 0.337 e. The highest BCUT2D eigenvalue weighted by Crippen LogP contribution is 2.41. The molecule has 3 rings (SSSR count). The highest BCUT2D eigenvalue weighted by molar-refractivity contribution is 6.08. The first-order valence-corrected chi connectivity index (χ1v) is 6.39. The van der Waals surface area contributed by atoms with E-state index in [1.54, 1.807) is 36.4 Å². The van der Waals surface area contributed by atoms with Crippen LogP contribution in [0.2, 0.25) is 0 Å². The number of nitrogens with one attached hydrogen (secondary N) is 1. The normalized spacial score (nSPS) is 19.8. The molecule has 1 aliphatic rings. The Morgan fingerprint density at radius 2 is 1.90 bits per heavy atom. The van der Waals surface area contributed by atoms with Gasteiger partial charge in [0.05, 0.1) is 12.7 Å². The van der Waals surface area contributed by atoms with Gasteiger partial charge in [-0.2, -0.15) is 0 Å². The fraction of sp³-hybridized carbons (Fsp3) is 0.125. The van der Waals surface area contributed by atoms with Gasteiger partial charge in [0.2, 0.25) is 0 Å². The van der Waals surface area contributed by atoms with Crippen LogP contribution in [0.3, 0.4) is 0 Å². The number of carbonyl (C=O) groups excluding carboxylic acids is 2. The highest BCUT2D eigenvalue weighted by Gasteiger charge is 2.46. The summed E-state index contributed by atoms with van der Waals surface area (Å²) in [7, 11) is 1.29. The van der Waals surface area contributed by atoms with Crippen molar-refractivity contribution in [2.45, 2.75) is 5.60 Å². The van der Waals surface area contributed by atoms with Crippen molar-refractivity contribution in [3.63, 3.8) is 0 Å². The molecule has 0 fully saturated rings. The lowest BCUT2D eigenvalue weighted by atomic mass is 9.87. The van der Waals surface area contributed by atoms with Crippen LogP contribution >= 0.6 is 0 Å². The van der Waals surface area contributed by atoms with E-state index in [1.807, 2.05) is 0 Å². The minimum atomic E-state index is -1.74. The number of rotatable bonds is 2. The highest BCUT2D eigenvalue weighted by atomic mass is 16.5. The molecule has 0 unspecified atom stereocenters. The van der Waals surface area contributed by atoms with E-state index in [9.17, 15) is 14.7 Å². The topological polar surface area (TPSA) is 75.6 Å². The van der Waals surface area contributed by atoms with E-state index in [1.165, 1.54) is 19.2 Å². The van der Waals surface area contributed by atoms with Crippen molar-refractivity contribution in [1.82, 2.24) is 0 Å². The number of anilines is 1. The molecule has 1 heterocycles. The average molecular weight is 283 g/mol. The Morgan fingerprint density at radius 1 is 1.19 bits per heavy atom. The number of amides is 1. The summed E-state index contributed by atoms with van der Waals surface area (Å²) in [6.45, 7) is 0. The fourth-order valence-corrected chi connectivity index (χ4v) is 2.51. The van der Waals surface area contributed by atoms with Crippen LogP contribution in [0.5, 0.6) is 0 Å². The van der Waals surface area contributed by atoms with Gasteiger partial charge in [0, 0.05) is 11.3 Å². The van der Waals surface area contributed by atoms with Crippen molar-refractivity contribution in [2.75, 3.05) is 12.4 Å². The Kier molecular flexibility index (Phi) is 2.99. The van der Waals surface area contributed by atoms with Crippen LogP contribution in [0.25, 0.3) is 0 Å². The average Bonchev–Trinajstić information content (AvgIpc) is 2.79. The number of ether oxygens (including phenoxy) is 1. The van der Waals surface area contributed by atoms with Gasteiger partial charge in [-0.15, -0.1) is 0 Å². The van der Waals surface area contributed by atoms with Crippen LogP contribution in [0.4, 0.5) is 5.69 Å². The Morgan fingerprint density at radius 3 is 2.57 bits per heavy atom. The first kappa shape index (κ1) is 13.3. The number of esters is 1. The molecular formula is C16H13NO4. The summed E-state index contributed by atoms with van der Waals surface area (Å²) in [6, 6.07) is 13.3. The third-order valence-corrected chi connectivity index (χ3v) is 3.60. The monoisotopic (exact) mass is 283 g/mol. The molecule has 0 aliphatic carbocycles. The number of hydrogen-bond acceptors (Lipinski definition) is 4. The molecule has 5 nitrogen and oxygen atoms in total. The molecule has 2 N–H and O–H groups in total. The standard InChI is InChI=1S/C16H13NO4/c1-21-14(18)10-7-8-12-13(9-10)17-15(19)16(12,20)11-5-3-2-4-6-11/h2-9,20H,1H3,(H,17,19)/t16-/m1/s1. The molecule has 2 aromatic rings. The van der Waals surface area contributed by atoms with E-state index >= 15 is 0 Å². The van der Waals surface area contributed by atoms with Crippen molar-refractivity contribution in [1.29, 1.82) is 0 Å². The first-order chi connectivity index (χ1) is 10.1. The summed E-state index contributed by atoms with van der Waals surface area (Å²) in [5, 5.41) is 13.5. The number of benzene rings is 2. The van der Waals surface area contributed by atoms with E-state index in [0.717, 1.165) is 0 Å². The molecule has 0 spiro atoms. The Balaban J connectivity index is 2.13. The molecule has 1 atom stereocenters. The zero-order chi connectivity index (χ0) is 15.0. The fourth-order valence-electron chi connectivity index (χ4n) is 2.51. The molecule has 1 amide bonds. The van der Waals surface area contributed by atoms with Gasteiger partial charge in [0.25, 0.3) is 5.91 Å². The second kappa shape index (κ2) is 4.71. The number of fused-ring (bicyclic) bond motifs is 1. The lowest BCUT2D eigenvalue weighted by molar-refractivity contribution is -0.129. The molecule has 0 saturated heterocycles. The largest absolute Gasteiger partial charge is 0.465 e. The molecule has 0 saturated carbocycles. The maximum Gasteiger partial charge on any atom is 0.337 e. The molecule has 106 valence electrons. The van der Waals surface area contributed by atoms with Crippen molar-refractivity contribution in [2.24, 2.45) is 0 Å². The van der Waals surface area contributed by atoms with E-state index in [4.69, 9.17) is 0 Å². The summed E-state index contributed by atoms with van der Waals surface area (Å²) >= 11 is 0. The number of carbonyl (C=O) groups is 2. The van der Waals surface area contributed by atoms with Gasteiger partial charge in [0.15, 0.2) is 5.60 Å².